The largest absolute Gasteiger partial charge is 0.481 e. The third-order valence-electron chi connectivity index (χ3n) is 4.73. The van der Waals surface area contributed by atoms with E-state index in [9.17, 15) is 9.90 Å². The number of aromatic nitrogens is 2. The summed E-state index contributed by atoms with van der Waals surface area (Å²) in [6, 6.07) is 0. The van der Waals surface area contributed by atoms with E-state index in [0.717, 1.165) is 50.0 Å². The van der Waals surface area contributed by atoms with Crippen LogP contribution in [0.1, 0.15) is 49.8 Å². The summed E-state index contributed by atoms with van der Waals surface area (Å²) in [7, 11) is 0. The molecule has 1 fully saturated rings. The van der Waals surface area contributed by atoms with Gasteiger partial charge in [0.25, 0.3) is 0 Å². The summed E-state index contributed by atoms with van der Waals surface area (Å²) < 4.78 is 0. The van der Waals surface area contributed by atoms with Crippen LogP contribution in [0.2, 0.25) is 0 Å². The van der Waals surface area contributed by atoms with Gasteiger partial charge in [0.05, 0.1) is 5.41 Å². The number of aryl methyl sites for hydroxylation is 1. The highest BCUT2D eigenvalue weighted by Gasteiger charge is 2.41. The van der Waals surface area contributed by atoms with Crippen LogP contribution in [0.15, 0.2) is 6.33 Å². The van der Waals surface area contributed by atoms with Gasteiger partial charge >= 0.3 is 5.97 Å². The zero-order chi connectivity index (χ0) is 14.0. The van der Waals surface area contributed by atoms with Gasteiger partial charge in [0.1, 0.15) is 12.1 Å². The van der Waals surface area contributed by atoms with Crippen LogP contribution in [0.3, 0.4) is 0 Å². The van der Waals surface area contributed by atoms with Crippen LogP contribution in [0.5, 0.6) is 0 Å². The Balaban J connectivity index is 1.77. The van der Waals surface area contributed by atoms with E-state index in [1.165, 1.54) is 18.4 Å². The van der Waals surface area contributed by atoms with Gasteiger partial charge in [-0.2, -0.15) is 0 Å². The van der Waals surface area contributed by atoms with Gasteiger partial charge in [-0.25, -0.2) is 9.97 Å². The molecule has 0 aromatic carbocycles. The highest BCUT2D eigenvalue weighted by molar-refractivity contribution is 5.76. The maximum Gasteiger partial charge on any atom is 0.311 e. The lowest BCUT2D eigenvalue weighted by molar-refractivity contribution is -0.147. The van der Waals surface area contributed by atoms with E-state index < -0.39 is 11.4 Å². The minimum atomic E-state index is -0.676. The number of hydrogen-bond donors (Lipinski definition) is 2. The summed E-state index contributed by atoms with van der Waals surface area (Å²) in [4.78, 5) is 20.2. The molecule has 1 saturated carbocycles. The van der Waals surface area contributed by atoms with Gasteiger partial charge < -0.3 is 10.4 Å². The molecule has 0 atom stereocenters. The Bertz CT molecular complexity index is 510. The first-order valence-corrected chi connectivity index (χ1v) is 7.51. The third-order valence-corrected chi connectivity index (χ3v) is 4.73. The molecule has 108 valence electrons. The van der Waals surface area contributed by atoms with Crippen molar-refractivity contribution >= 4 is 11.8 Å². The molecule has 1 heterocycles. The number of hydrogen-bond acceptors (Lipinski definition) is 4. The Hall–Kier alpha value is -1.65. The van der Waals surface area contributed by atoms with Gasteiger partial charge in [-0.3, -0.25) is 4.79 Å². The number of carbonyl (C=O) groups is 1. The number of rotatable bonds is 4. The van der Waals surface area contributed by atoms with Crippen LogP contribution >= 0.6 is 0 Å². The number of fused-ring (bicyclic) bond motifs is 1. The molecule has 2 aliphatic rings. The molecule has 1 aromatic rings. The number of carboxylic acid groups (broad SMARTS) is 1. The second-order valence-corrected chi connectivity index (χ2v) is 6.00. The Labute approximate surface area is 118 Å². The first kappa shape index (κ1) is 13.3. The van der Waals surface area contributed by atoms with Gasteiger partial charge in [0, 0.05) is 17.8 Å². The van der Waals surface area contributed by atoms with Crippen molar-refractivity contribution in [2.45, 2.75) is 51.4 Å². The van der Waals surface area contributed by atoms with E-state index in [-0.39, 0.29) is 0 Å². The predicted octanol–water partition coefficient (Wildman–Crippen LogP) is 2.41. The van der Waals surface area contributed by atoms with Gasteiger partial charge in [-0.15, -0.1) is 0 Å². The predicted molar refractivity (Wildman–Crippen MR) is 75.7 cm³/mol. The van der Waals surface area contributed by atoms with E-state index in [2.05, 4.69) is 15.3 Å². The molecule has 1 aromatic heterocycles. The molecule has 2 N–H and O–H groups in total. The summed E-state index contributed by atoms with van der Waals surface area (Å²) >= 11 is 0. The highest BCUT2D eigenvalue weighted by Crippen LogP contribution is 2.38. The number of anilines is 1. The van der Waals surface area contributed by atoms with Crippen molar-refractivity contribution in [3.8, 4) is 0 Å². The SMILES string of the molecule is O=C(O)C1(CNc2ncnc3c2CCCC3)CCCC1. The molecule has 5 nitrogen and oxygen atoms in total. The molecule has 2 aliphatic carbocycles. The van der Waals surface area contributed by atoms with Crippen molar-refractivity contribution in [1.82, 2.24) is 9.97 Å². The summed E-state index contributed by atoms with van der Waals surface area (Å²) in [5.41, 5.74) is 1.72. The normalized spacial score (nSPS) is 20.4. The Morgan fingerprint density at radius 3 is 2.70 bits per heavy atom. The molecule has 0 amide bonds. The first-order valence-electron chi connectivity index (χ1n) is 7.51. The molecule has 0 aliphatic heterocycles. The molecule has 0 saturated heterocycles. The molecule has 0 unspecified atom stereocenters. The maximum absolute atomic E-state index is 11.6. The lowest BCUT2D eigenvalue weighted by atomic mass is 9.86. The molecule has 20 heavy (non-hydrogen) atoms. The summed E-state index contributed by atoms with van der Waals surface area (Å²) in [5.74, 6) is 0.174. The van der Waals surface area contributed by atoms with E-state index >= 15 is 0 Å². The van der Waals surface area contributed by atoms with Gasteiger partial charge in [-0.05, 0) is 38.5 Å². The smallest absolute Gasteiger partial charge is 0.311 e. The summed E-state index contributed by atoms with van der Waals surface area (Å²) in [6.45, 7) is 0.478. The molecule has 3 rings (SSSR count). The lowest BCUT2D eigenvalue weighted by Gasteiger charge is -2.26. The molecular formula is C15H21N3O2. The maximum atomic E-state index is 11.6. The zero-order valence-electron chi connectivity index (χ0n) is 11.7. The van der Waals surface area contributed by atoms with Crippen LogP contribution in [0, 0.1) is 5.41 Å². The molecule has 0 radical (unpaired) electrons. The van der Waals surface area contributed by atoms with Crippen LogP contribution in [-0.2, 0) is 17.6 Å². The van der Waals surface area contributed by atoms with Crippen molar-refractivity contribution < 1.29 is 9.90 Å². The monoisotopic (exact) mass is 275 g/mol. The fourth-order valence-corrected chi connectivity index (χ4v) is 3.44. The highest BCUT2D eigenvalue weighted by atomic mass is 16.4. The topological polar surface area (TPSA) is 75.1 Å². The van der Waals surface area contributed by atoms with Crippen LogP contribution in [0.25, 0.3) is 0 Å². The Morgan fingerprint density at radius 2 is 1.95 bits per heavy atom. The van der Waals surface area contributed by atoms with Crippen molar-refractivity contribution in [2.24, 2.45) is 5.41 Å². The lowest BCUT2D eigenvalue weighted by Crippen LogP contribution is -2.35. The van der Waals surface area contributed by atoms with Crippen LogP contribution in [-0.4, -0.2) is 27.6 Å². The summed E-state index contributed by atoms with van der Waals surface area (Å²) in [5, 5.41) is 12.8. The van der Waals surface area contributed by atoms with Crippen LogP contribution < -0.4 is 5.32 Å². The molecular weight excluding hydrogens is 254 g/mol. The molecule has 0 bridgehead atoms. The van der Waals surface area contributed by atoms with Crippen molar-refractivity contribution in [2.75, 3.05) is 11.9 Å². The van der Waals surface area contributed by atoms with E-state index in [0.29, 0.717) is 6.54 Å². The van der Waals surface area contributed by atoms with E-state index in [1.54, 1.807) is 6.33 Å². The second-order valence-electron chi connectivity index (χ2n) is 6.00. The number of nitrogens with one attached hydrogen (secondary N) is 1. The third kappa shape index (κ3) is 2.37. The van der Waals surface area contributed by atoms with E-state index in [4.69, 9.17) is 0 Å². The minimum Gasteiger partial charge on any atom is -0.481 e. The number of aliphatic carboxylic acids is 1. The Morgan fingerprint density at radius 1 is 1.20 bits per heavy atom. The standard InChI is InChI=1S/C15H21N3O2/c19-14(20)15(7-3-4-8-15)9-16-13-11-5-1-2-6-12(11)17-10-18-13/h10H,1-9H2,(H,19,20)(H,16,17,18). The first-order chi connectivity index (χ1) is 9.71. The Kier molecular flexibility index (Phi) is 3.59. The fraction of sp³-hybridized carbons (Fsp3) is 0.667. The minimum absolute atomic E-state index is 0.478. The van der Waals surface area contributed by atoms with Crippen molar-refractivity contribution in [1.29, 1.82) is 0 Å². The average molecular weight is 275 g/mol. The second kappa shape index (κ2) is 5.38. The fourth-order valence-electron chi connectivity index (χ4n) is 3.44. The van der Waals surface area contributed by atoms with Gasteiger partial charge in [0.2, 0.25) is 0 Å². The van der Waals surface area contributed by atoms with Crippen molar-refractivity contribution in [3.63, 3.8) is 0 Å². The number of carboxylic acids is 1. The zero-order valence-corrected chi connectivity index (χ0v) is 11.7. The van der Waals surface area contributed by atoms with E-state index in [1.807, 2.05) is 0 Å². The number of nitrogens with zero attached hydrogens (tertiary/aromatic N) is 2. The quantitative estimate of drug-likeness (QED) is 0.882. The van der Waals surface area contributed by atoms with Gasteiger partial charge in [0.15, 0.2) is 0 Å². The van der Waals surface area contributed by atoms with Crippen molar-refractivity contribution in [3.05, 3.63) is 17.6 Å². The molecule has 5 heteroatoms. The molecule has 0 spiro atoms. The van der Waals surface area contributed by atoms with Crippen LogP contribution in [0.4, 0.5) is 5.82 Å². The average Bonchev–Trinajstić information content (AvgIpc) is 2.95. The summed E-state index contributed by atoms with van der Waals surface area (Å²) in [6.07, 6.45) is 9.50. The van der Waals surface area contributed by atoms with Gasteiger partial charge in [-0.1, -0.05) is 12.8 Å².